The minimum atomic E-state index is -2.34. The molecule has 10 heavy (non-hydrogen) atoms. The molecule has 0 aliphatic heterocycles. The first-order valence-corrected chi connectivity index (χ1v) is 8.79. The van der Waals surface area contributed by atoms with Crippen LogP contribution < -0.4 is 0 Å². The Hall–Kier alpha value is 1.09. The summed E-state index contributed by atoms with van der Waals surface area (Å²) in [6.45, 7) is 0. The molecule has 4 heteroatoms. The Kier molecular flexibility index (Phi) is 3.36. The molecule has 0 amide bonds. The van der Waals surface area contributed by atoms with E-state index in [0.717, 1.165) is 12.8 Å². The third kappa shape index (κ3) is 2.61. The Morgan fingerprint density at radius 3 is 1.70 bits per heavy atom. The van der Waals surface area contributed by atoms with Gasteiger partial charge >= 0.3 is 6.00 Å². The molecule has 1 aliphatic rings. The maximum atomic E-state index is 5.88. The van der Waals surface area contributed by atoms with Crippen molar-refractivity contribution in [2.24, 2.45) is 0 Å². The molecule has 0 aromatic heterocycles. The van der Waals surface area contributed by atoms with Gasteiger partial charge in [0.05, 0.1) is 0 Å². The van der Waals surface area contributed by atoms with Crippen LogP contribution in [-0.2, 0) is 0 Å². The molecule has 1 saturated carbocycles. The van der Waals surface area contributed by atoms with Gasteiger partial charge in [-0.1, -0.05) is 19.3 Å². The SMILES string of the molecule is Cl[Si](Cl)(Cl)C1CCCCC1. The Balaban J connectivity index is 2.39. The number of halogens is 3. The van der Waals surface area contributed by atoms with Crippen molar-refractivity contribution in [3.05, 3.63) is 0 Å². The van der Waals surface area contributed by atoms with E-state index in [1.54, 1.807) is 0 Å². The van der Waals surface area contributed by atoms with Crippen LogP contribution in [0.25, 0.3) is 0 Å². The van der Waals surface area contributed by atoms with E-state index < -0.39 is 6.00 Å². The lowest BCUT2D eigenvalue weighted by molar-refractivity contribution is 0.500. The Morgan fingerprint density at radius 1 is 0.900 bits per heavy atom. The molecule has 0 nitrogen and oxygen atoms in total. The fourth-order valence-corrected chi connectivity index (χ4v) is 4.46. The molecular formula is C6H11Cl3Si. The summed E-state index contributed by atoms with van der Waals surface area (Å²) in [6.07, 6.45) is 6.12. The van der Waals surface area contributed by atoms with Gasteiger partial charge in [0.2, 0.25) is 0 Å². The van der Waals surface area contributed by atoms with Crippen molar-refractivity contribution in [1.29, 1.82) is 0 Å². The Labute approximate surface area is 77.0 Å². The predicted octanol–water partition coefficient (Wildman–Crippen LogP) is 3.98. The molecule has 0 aromatic carbocycles. The summed E-state index contributed by atoms with van der Waals surface area (Å²) >= 11 is 17.6. The van der Waals surface area contributed by atoms with Crippen LogP contribution in [0.15, 0.2) is 0 Å². The topological polar surface area (TPSA) is 0 Å². The highest BCUT2D eigenvalue weighted by molar-refractivity contribution is 7.65. The van der Waals surface area contributed by atoms with Gasteiger partial charge in [0.15, 0.2) is 0 Å². The zero-order valence-electron chi connectivity index (χ0n) is 5.75. The molecule has 0 aromatic rings. The molecular weight excluding hydrogens is 207 g/mol. The summed E-state index contributed by atoms with van der Waals surface area (Å²) in [5.41, 5.74) is 0.436. The van der Waals surface area contributed by atoms with Gasteiger partial charge in [0.25, 0.3) is 0 Å². The van der Waals surface area contributed by atoms with Crippen molar-refractivity contribution >= 4 is 39.2 Å². The van der Waals surface area contributed by atoms with E-state index >= 15 is 0 Å². The molecule has 0 saturated heterocycles. The average molecular weight is 218 g/mol. The normalized spacial score (nSPS) is 23.1. The summed E-state index contributed by atoms with van der Waals surface area (Å²) in [4.78, 5) is 0. The van der Waals surface area contributed by atoms with Crippen molar-refractivity contribution < 1.29 is 0 Å². The van der Waals surface area contributed by atoms with Crippen LogP contribution in [0, 0.1) is 0 Å². The van der Waals surface area contributed by atoms with E-state index in [1.165, 1.54) is 19.3 Å². The Bertz CT molecular complexity index is 104. The number of hydrogen-bond acceptors (Lipinski definition) is 0. The lowest BCUT2D eigenvalue weighted by Gasteiger charge is -2.25. The minimum absolute atomic E-state index is 0.436. The molecule has 60 valence electrons. The van der Waals surface area contributed by atoms with E-state index in [9.17, 15) is 0 Å². The highest BCUT2D eigenvalue weighted by atomic mass is 35.8. The lowest BCUT2D eigenvalue weighted by Crippen LogP contribution is -2.21. The molecule has 1 rings (SSSR count). The van der Waals surface area contributed by atoms with E-state index in [-0.39, 0.29) is 0 Å². The second-order valence-electron chi connectivity index (χ2n) is 2.88. The monoisotopic (exact) mass is 216 g/mol. The zero-order valence-corrected chi connectivity index (χ0v) is 9.01. The van der Waals surface area contributed by atoms with Crippen LogP contribution in [0.5, 0.6) is 0 Å². The summed E-state index contributed by atoms with van der Waals surface area (Å²) in [5, 5.41) is 0. The van der Waals surface area contributed by atoms with Crippen LogP contribution in [0.2, 0.25) is 5.54 Å². The van der Waals surface area contributed by atoms with Crippen LogP contribution in [0.1, 0.15) is 32.1 Å². The summed E-state index contributed by atoms with van der Waals surface area (Å²) < 4.78 is 0. The highest BCUT2D eigenvalue weighted by Gasteiger charge is 2.36. The van der Waals surface area contributed by atoms with Gasteiger partial charge in [-0.25, -0.2) is 0 Å². The van der Waals surface area contributed by atoms with Crippen molar-refractivity contribution in [1.82, 2.24) is 0 Å². The maximum absolute atomic E-state index is 5.88. The zero-order chi connectivity index (χ0) is 7.61. The fourth-order valence-electron chi connectivity index (χ4n) is 1.43. The second kappa shape index (κ2) is 3.66. The van der Waals surface area contributed by atoms with Crippen LogP contribution in [0.3, 0.4) is 0 Å². The van der Waals surface area contributed by atoms with Crippen molar-refractivity contribution in [3.8, 4) is 0 Å². The van der Waals surface area contributed by atoms with Crippen molar-refractivity contribution in [2.75, 3.05) is 0 Å². The molecule has 0 radical (unpaired) electrons. The first-order chi connectivity index (χ1) is 4.61. The Morgan fingerprint density at radius 2 is 1.40 bits per heavy atom. The number of hydrogen-bond donors (Lipinski definition) is 0. The van der Waals surface area contributed by atoms with Gasteiger partial charge in [-0.05, 0) is 18.4 Å². The van der Waals surface area contributed by atoms with Gasteiger partial charge < -0.3 is 0 Å². The maximum Gasteiger partial charge on any atom is 0.344 e. The summed E-state index contributed by atoms with van der Waals surface area (Å²) in [7, 11) is 0. The van der Waals surface area contributed by atoms with E-state index in [1.807, 2.05) is 0 Å². The number of rotatable bonds is 1. The van der Waals surface area contributed by atoms with Crippen molar-refractivity contribution in [2.45, 2.75) is 37.6 Å². The van der Waals surface area contributed by atoms with Gasteiger partial charge in [0.1, 0.15) is 0 Å². The second-order valence-corrected chi connectivity index (χ2v) is 11.9. The first kappa shape index (κ1) is 9.18. The largest absolute Gasteiger partial charge is 0.344 e. The standard InChI is InChI=1S/C6H11Cl3Si/c7-10(8,9)6-4-2-1-3-5-6/h6H,1-5H2. The quantitative estimate of drug-likeness (QED) is 0.460. The summed E-state index contributed by atoms with van der Waals surface area (Å²) in [6, 6.07) is -2.34. The third-order valence-electron chi connectivity index (χ3n) is 2.07. The van der Waals surface area contributed by atoms with Crippen LogP contribution in [0.4, 0.5) is 0 Å². The molecule has 0 heterocycles. The molecule has 0 spiro atoms. The molecule has 0 atom stereocenters. The van der Waals surface area contributed by atoms with Gasteiger partial charge in [0, 0.05) is 0 Å². The minimum Gasteiger partial charge on any atom is -0.126 e. The predicted molar refractivity (Wildman–Crippen MR) is 50.1 cm³/mol. The molecule has 1 fully saturated rings. The molecule has 0 unspecified atom stereocenters. The summed E-state index contributed by atoms with van der Waals surface area (Å²) in [5.74, 6) is 0. The average Bonchev–Trinajstić information content (AvgIpc) is 1.88. The molecule has 1 aliphatic carbocycles. The van der Waals surface area contributed by atoms with Gasteiger partial charge in [-0.3, -0.25) is 0 Å². The van der Waals surface area contributed by atoms with Crippen LogP contribution >= 0.6 is 33.2 Å². The smallest absolute Gasteiger partial charge is 0.126 e. The lowest BCUT2D eigenvalue weighted by atomic mass is 10.0. The van der Waals surface area contributed by atoms with Gasteiger partial charge in [-0.2, -0.15) is 0 Å². The van der Waals surface area contributed by atoms with Crippen LogP contribution in [-0.4, -0.2) is 6.00 Å². The highest BCUT2D eigenvalue weighted by Crippen LogP contribution is 2.43. The first-order valence-electron chi connectivity index (χ1n) is 3.67. The van der Waals surface area contributed by atoms with Gasteiger partial charge in [-0.15, -0.1) is 33.2 Å². The van der Waals surface area contributed by atoms with E-state index in [0.29, 0.717) is 5.54 Å². The van der Waals surface area contributed by atoms with E-state index in [2.05, 4.69) is 0 Å². The molecule has 0 bridgehead atoms. The van der Waals surface area contributed by atoms with Crippen molar-refractivity contribution in [3.63, 3.8) is 0 Å². The molecule has 0 N–H and O–H groups in total. The van der Waals surface area contributed by atoms with E-state index in [4.69, 9.17) is 33.2 Å². The fraction of sp³-hybridized carbons (Fsp3) is 1.00. The third-order valence-corrected chi connectivity index (χ3v) is 6.35.